The molecule has 0 radical (unpaired) electrons. The Morgan fingerprint density at radius 3 is 2.36 bits per heavy atom. The molecule has 2 rings (SSSR count). The number of hydrogen-bond donors (Lipinski definition) is 0. The molecule has 0 aliphatic heterocycles. The van der Waals surface area contributed by atoms with Gasteiger partial charge in [-0.3, -0.25) is 0 Å². The van der Waals surface area contributed by atoms with E-state index in [1.807, 2.05) is 32.0 Å². The van der Waals surface area contributed by atoms with Gasteiger partial charge in [-0.2, -0.15) is 4.98 Å². The molecule has 0 atom stereocenters. The number of methoxy groups -OCH3 is 2. The summed E-state index contributed by atoms with van der Waals surface area (Å²) in [4.78, 5) is 8.95. The fourth-order valence-electron chi connectivity index (χ4n) is 1.91. The van der Waals surface area contributed by atoms with Crippen molar-refractivity contribution in [1.29, 1.82) is 0 Å². The first-order valence-corrected chi connectivity index (χ1v) is 7.09. The number of fused-ring (bicyclic) bond motifs is 1. The van der Waals surface area contributed by atoms with Crippen LogP contribution in [0.2, 0.25) is 0 Å². The van der Waals surface area contributed by atoms with Crippen LogP contribution in [-0.2, 0) is 0 Å². The van der Waals surface area contributed by atoms with Crippen LogP contribution in [0.1, 0.15) is 19.7 Å². The van der Waals surface area contributed by atoms with Gasteiger partial charge >= 0.3 is 0 Å². The summed E-state index contributed by atoms with van der Waals surface area (Å²) in [6.07, 6.45) is 5.14. The lowest BCUT2D eigenvalue weighted by molar-refractivity contribution is 0.400. The highest BCUT2D eigenvalue weighted by molar-refractivity contribution is 5.90. The fourth-order valence-corrected chi connectivity index (χ4v) is 1.91. The molecule has 4 nitrogen and oxygen atoms in total. The van der Waals surface area contributed by atoms with Crippen LogP contribution < -0.4 is 9.47 Å². The molecule has 2 aromatic rings. The number of aromatic nitrogens is 2. The van der Waals surface area contributed by atoms with E-state index in [1.165, 1.54) is 0 Å². The molecule has 0 saturated carbocycles. The number of rotatable bonds is 5. The summed E-state index contributed by atoms with van der Waals surface area (Å²) in [5, 5.41) is 0.803. The third kappa shape index (κ3) is 3.52. The Hall–Kier alpha value is -2.62. The van der Waals surface area contributed by atoms with E-state index in [2.05, 4.69) is 23.1 Å². The van der Waals surface area contributed by atoms with Crippen molar-refractivity contribution in [3.05, 3.63) is 55.4 Å². The van der Waals surface area contributed by atoms with E-state index in [4.69, 9.17) is 9.47 Å². The fraction of sp³-hybridized carbons (Fsp3) is 0.222. The Kier molecular flexibility index (Phi) is 6.83. The lowest BCUT2D eigenvalue weighted by Gasteiger charge is -2.10. The number of ether oxygens (including phenoxy) is 2. The van der Waals surface area contributed by atoms with Gasteiger partial charge in [-0.05, 0) is 12.1 Å². The van der Waals surface area contributed by atoms with Crippen molar-refractivity contribution < 1.29 is 9.47 Å². The molecule has 0 unspecified atom stereocenters. The van der Waals surface area contributed by atoms with E-state index in [0.717, 1.165) is 11.0 Å². The van der Waals surface area contributed by atoms with Crippen LogP contribution in [0.3, 0.4) is 0 Å². The zero-order valence-electron chi connectivity index (χ0n) is 13.6. The molecule has 1 aromatic carbocycles. The molecule has 0 amide bonds. The van der Waals surface area contributed by atoms with E-state index >= 15 is 0 Å². The van der Waals surface area contributed by atoms with Gasteiger partial charge in [0, 0.05) is 5.57 Å². The van der Waals surface area contributed by atoms with E-state index in [0.29, 0.717) is 23.0 Å². The first kappa shape index (κ1) is 17.4. The molecule has 0 bridgehead atoms. The van der Waals surface area contributed by atoms with E-state index in [9.17, 15) is 0 Å². The quantitative estimate of drug-likeness (QED) is 0.766. The Labute approximate surface area is 131 Å². The second kappa shape index (κ2) is 8.62. The largest absolute Gasteiger partial charge is 0.494 e. The highest BCUT2D eigenvalue weighted by Crippen LogP contribution is 2.30. The van der Waals surface area contributed by atoms with Crippen molar-refractivity contribution in [2.24, 2.45) is 0 Å². The molecule has 4 heteroatoms. The maximum atomic E-state index is 5.35. The number of hydrogen-bond acceptors (Lipinski definition) is 4. The minimum atomic E-state index is 0.501. The third-order valence-electron chi connectivity index (χ3n) is 2.84. The van der Waals surface area contributed by atoms with Crippen LogP contribution in [0.5, 0.6) is 11.6 Å². The van der Waals surface area contributed by atoms with Crippen LogP contribution in [0.4, 0.5) is 0 Å². The van der Waals surface area contributed by atoms with Crippen molar-refractivity contribution in [2.45, 2.75) is 13.8 Å². The Morgan fingerprint density at radius 2 is 1.82 bits per heavy atom. The van der Waals surface area contributed by atoms with Gasteiger partial charge in [0.2, 0.25) is 5.88 Å². The lowest BCUT2D eigenvalue weighted by atomic mass is 10.2. The van der Waals surface area contributed by atoms with Gasteiger partial charge < -0.3 is 9.47 Å². The van der Waals surface area contributed by atoms with E-state index in [1.54, 1.807) is 32.4 Å². The molecule has 0 aliphatic rings. The van der Waals surface area contributed by atoms with Gasteiger partial charge in [0.25, 0.3) is 0 Å². The number of para-hydroxylation sites is 1. The standard InChI is InChI=1S/C16H16N2O2.C2H6/c1-5-8-11(6-2)15-17-14-12(16(18-15)20-4)9-7-10-13(14)19-3;1-2/h5-10H,1-2H2,3-4H3;1-2H3/b11-8+;. The van der Waals surface area contributed by atoms with Crippen molar-refractivity contribution in [2.75, 3.05) is 14.2 Å². The monoisotopic (exact) mass is 298 g/mol. The highest BCUT2D eigenvalue weighted by Gasteiger charge is 2.13. The lowest BCUT2D eigenvalue weighted by Crippen LogP contribution is -1.99. The predicted molar refractivity (Wildman–Crippen MR) is 92.4 cm³/mol. The number of allylic oxidation sites excluding steroid dienone is 4. The average molecular weight is 298 g/mol. The molecule has 1 heterocycles. The van der Waals surface area contributed by atoms with Crippen LogP contribution in [0, 0.1) is 0 Å². The van der Waals surface area contributed by atoms with Gasteiger partial charge in [0.05, 0.1) is 19.6 Å². The second-order valence-corrected chi connectivity index (χ2v) is 3.97. The first-order valence-electron chi connectivity index (χ1n) is 7.09. The van der Waals surface area contributed by atoms with Crippen LogP contribution in [0.15, 0.2) is 49.6 Å². The van der Waals surface area contributed by atoms with E-state index < -0.39 is 0 Å². The second-order valence-electron chi connectivity index (χ2n) is 3.97. The molecule has 0 aliphatic carbocycles. The zero-order chi connectivity index (χ0) is 16.5. The zero-order valence-corrected chi connectivity index (χ0v) is 13.6. The van der Waals surface area contributed by atoms with Crippen LogP contribution >= 0.6 is 0 Å². The summed E-state index contributed by atoms with van der Waals surface area (Å²) < 4.78 is 10.7. The summed E-state index contributed by atoms with van der Waals surface area (Å²) >= 11 is 0. The highest BCUT2D eigenvalue weighted by atomic mass is 16.5. The molecule has 0 fully saturated rings. The smallest absolute Gasteiger partial charge is 0.224 e. The van der Waals surface area contributed by atoms with Crippen molar-refractivity contribution in [3.63, 3.8) is 0 Å². The first-order chi connectivity index (χ1) is 10.7. The molecular weight excluding hydrogens is 276 g/mol. The minimum Gasteiger partial charge on any atom is -0.494 e. The molecule has 1 aromatic heterocycles. The van der Waals surface area contributed by atoms with Gasteiger partial charge in [-0.15, -0.1) is 0 Å². The van der Waals surface area contributed by atoms with Gasteiger partial charge in [0.15, 0.2) is 5.82 Å². The summed E-state index contributed by atoms with van der Waals surface area (Å²) in [6, 6.07) is 5.62. The van der Waals surface area contributed by atoms with Crippen molar-refractivity contribution in [3.8, 4) is 11.6 Å². The summed E-state index contributed by atoms with van der Waals surface area (Å²) in [5.74, 6) is 1.70. The van der Waals surface area contributed by atoms with Crippen LogP contribution in [-0.4, -0.2) is 24.2 Å². The van der Waals surface area contributed by atoms with Gasteiger partial charge in [-0.25, -0.2) is 4.98 Å². The van der Waals surface area contributed by atoms with Gasteiger partial charge in [-0.1, -0.05) is 51.3 Å². The van der Waals surface area contributed by atoms with Crippen molar-refractivity contribution in [1.82, 2.24) is 9.97 Å². The molecule has 116 valence electrons. The van der Waals surface area contributed by atoms with Gasteiger partial charge in [0.1, 0.15) is 11.3 Å². The Bertz CT molecular complexity index is 691. The summed E-state index contributed by atoms with van der Waals surface area (Å²) in [7, 11) is 3.19. The summed E-state index contributed by atoms with van der Waals surface area (Å²) in [5.41, 5.74) is 1.47. The minimum absolute atomic E-state index is 0.501. The predicted octanol–water partition coefficient (Wildman–Crippen LogP) is 4.43. The topological polar surface area (TPSA) is 44.2 Å². The molecule has 22 heavy (non-hydrogen) atoms. The summed E-state index contributed by atoms with van der Waals surface area (Å²) in [6.45, 7) is 11.4. The Morgan fingerprint density at radius 1 is 1.09 bits per heavy atom. The van der Waals surface area contributed by atoms with E-state index in [-0.39, 0.29) is 0 Å². The van der Waals surface area contributed by atoms with Crippen LogP contribution in [0.25, 0.3) is 16.5 Å². The molecular formula is C18H22N2O2. The number of nitrogens with zero attached hydrogens (tertiary/aromatic N) is 2. The molecule has 0 spiro atoms. The average Bonchev–Trinajstić information content (AvgIpc) is 2.59. The molecule has 0 N–H and O–H groups in total. The SMILES string of the molecule is C=C/C=C(\C=C)c1nc(OC)c2cccc(OC)c2n1.CC. The molecule has 0 saturated heterocycles. The Balaban J connectivity index is 0.00000116. The number of benzene rings is 1. The maximum absolute atomic E-state index is 5.35. The maximum Gasteiger partial charge on any atom is 0.224 e. The normalized spacial score (nSPS) is 10.5. The van der Waals surface area contributed by atoms with Crippen molar-refractivity contribution >= 4 is 16.5 Å². The third-order valence-corrected chi connectivity index (χ3v) is 2.84.